The van der Waals surface area contributed by atoms with Gasteiger partial charge in [0.15, 0.2) is 5.82 Å². The molecule has 1 amide bonds. The predicted octanol–water partition coefficient (Wildman–Crippen LogP) is 4.69. The minimum Gasteiger partial charge on any atom is -0.319 e. The highest BCUT2D eigenvalue weighted by molar-refractivity contribution is 6.33. The van der Waals surface area contributed by atoms with Gasteiger partial charge in [-0.05, 0) is 24.1 Å². The summed E-state index contributed by atoms with van der Waals surface area (Å²) in [6.45, 7) is -0.0743. The number of hydrogen-bond donors (Lipinski definition) is 2. The minimum absolute atomic E-state index is 0.0264. The maximum Gasteiger partial charge on any atom is 0.417 e. The molecular weight excluding hydrogens is 450 g/mol. The maximum absolute atomic E-state index is 12.8. The summed E-state index contributed by atoms with van der Waals surface area (Å²) in [6, 6.07) is 4.47. The van der Waals surface area contributed by atoms with E-state index in [-0.39, 0.29) is 23.8 Å². The van der Waals surface area contributed by atoms with Gasteiger partial charge >= 0.3 is 12.4 Å². The summed E-state index contributed by atoms with van der Waals surface area (Å²) >= 11 is 5.94. The average Bonchev–Trinajstić information content (AvgIpc) is 3.16. The molecule has 2 heterocycles. The molecule has 0 saturated carbocycles. The number of alkyl halides is 6. The number of anilines is 1. The number of hydrogen-bond acceptors (Lipinski definition) is 4. The van der Waals surface area contributed by atoms with Crippen LogP contribution in [-0.4, -0.2) is 16.9 Å². The molecule has 0 fully saturated rings. The second-order valence-corrected chi connectivity index (χ2v) is 7.02. The molecule has 0 radical (unpaired) electrons. The molecule has 0 bridgehead atoms. The van der Waals surface area contributed by atoms with Gasteiger partial charge in [-0.25, -0.2) is 10.4 Å². The third kappa shape index (κ3) is 5.47. The number of benzene rings is 1. The number of nitrogens with zero attached hydrogens (tertiary/aromatic N) is 2. The van der Waals surface area contributed by atoms with Gasteiger partial charge in [0.05, 0.1) is 16.1 Å². The van der Waals surface area contributed by atoms with Crippen LogP contribution < -0.4 is 15.8 Å². The van der Waals surface area contributed by atoms with E-state index in [1.54, 1.807) is 6.08 Å². The van der Waals surface area contributed by atoms with E-state index >= 15 is 0 Å². The largest absolute Gasteiger partial charge is 0.417 e. The zero-order valence-corrected chi connectivity index (χ0v) is 16.3. The molecule has 3 rings (SSSR count). The number of pyridine rings is 1. The Bertz CT molecular complexity index is 992. The van der Waals surface area contributed by atoms with Crippen LogP contribution in [0.4, 0.5) is 32.2 Å². The number of aromatic nitrogens is 1. The van der Waals surface area contributed by atoms with Gasteiger partial charge in [-0.1, -0.05) is 35.9 Å². The summed E-state index contributed by atoms with van der Waals surface area (Å²) in [5.41, 5.74) is 3.40. The average molecular weight is 465 g/mol. The van der Waals surface area contributed by atoms with Crippen LogP contribution in [0.2, 0.25) is 5.02 Å². The van der Waals surface area contributed by atoms with Gasteiger partial charge in [-0.3, -0.25) is 10.2 Å². The van der Waals surface area contributed by atoms with Gasteiger partial charge in [-0.2, -0.15) is 26.3 Å². The zero-order chi connectivity index (χ0) is 22.8. The Morgan fingerprint density at radius 3 is 2.48 bits per heavy atom. The Hall–Kier alpha value is -2.79. The van der Waals surface area contributed by atoms with Crippen LogP contribution in [0.1, 0.15) is 23.1 Å². The van der Waals surface area contributed by atoms with Gasteiger partial charge in [-0.15, -0.1) is 0 Å². The van der Waals surface area contributed by atoms with Crippen LogP contribution in [0.15, 0.2) is 48.8 Å². The number of hydrazine groups is 1. The van der Waals surface area contributed by atoms with Crippen molar-refractivity contribution in [3.8, 4) is 0 Å². The third-order valence-corrected chi connectivity index (χ3v) is 4.69. The minimum atomic E-state index is -4.61. The molecule has 1 aromatic carbocycles. The van der Waals surface area contributed by atoms with Gasteiger partial charge in [0, 0.05) is 18.9 Å². The fourth-order valence-electron chi connectivity index (χ4n) is 2.92. The molecular formula is C19H15ClF6N4O. The lowest BCUT2D eigenvalue weighted by Crippen LogP contribution is -2.48. The molecule has 166 valence electrons. The summed E-state index contributed by atoms with van der Waals surface area (Å²) in [5.74, 6) is -0.587. The molecule has 0 spiro atoms. The van der Waals surface area contributed by atoms with Crippen LogP contribution in [0.3, 0.4) is 0 Å². The highest BCUT2D eigenvalue weighted by Crippen LogP contribution is 2.35. The second-order valence-electron chi connectivity index (χ2n) is 6.61. The lowest BCUT2D eigenvalue weighted by Gasteiger charge is -2.25. The highest BCUT2D eigenvalue weighted by atomic mass is 35.5. The molecule has 31 heavy (non-hydrogen) atoms. The van der Waals surface area contributed by atoms with Gasteiger partial charge < -0.3 is 4.90 Å². The molecule has 1 aromatic heterocycles. The molecule has 1 atom stereocenters. The van der Waals surface area contributed by atoms with E-state index in [0.29, 0.717) is 11.8 Å². The first-order valence-corrected chi connectivity index (χ1v) is 9.21. The highest BCUT2D eigenvalue weighted by Gasteiger charge is 2.34. The van der Waals surface area contributed by atoms with E-state index in [4.69, 9.17) is 11.6 Å². The van der Waals surface area contributed by atoms with E-state index in [9.17, 15) is 31.1 Å². The number of amides is 1. The van der Waals surface area contributed by atoms with E-state index < -0.39 is 35.4 Å². The zero-order valence-electron chi connectivity index (χ0n) is 15.6. The number of nitrogens with one attached hydrogen (secondary N) is 2. The summed E-state index contributed by atoms with van der Waals surface area (Å²) in [5, 5.41) is -0.281. The Morgan fingerprint density at radius 1 is 1.13 bits per heavy atom. The van der Waals surface area contributed by atoms with E-state index in [0.717, 1.165) is 18.2 Å². The molecule has 5 nitrogen and oxygen atoms in total. The van der Waals surface area contributed by atoms with Crippen molar-refractivity contribution >= 4 is 23.3 Å². The summed E-state index contributed by atoms with van der Waals surface area (Å²) in [6.07, 6.45) is -5.15. The molecule has 0 aliphatic carbocycles. The molecule has 1 unspecified atom stereocenters. The lowest BCUT2D eigenvalue weighted by atomic mass is 10.1. The van der Waals surface area contributed by atoms with Crippen LogP contribution in [0.5, 0.6) is 0 Å². The van der Waals surface area contributed by atoms with E-state index in [2.05, 4.69) is 15.8 Å². The van der Waals surface area contributed by atoms with Crippen molar-refractivity contribution < 1.29 is 31.1 Å². The van der Waals surface area contributed by atoms with Crippen molar-refractivity contribution in [2.24, 2.45) is 0 Å². The molecule has 0 saturated heterocycles. The number of halogens is 7. The van der Waals surface area contributed by atoms with Crippen LogP contribution in [0.25, 0.3) is 0 Å². The predicted molar refractivity (Wildman–Crippen MR) is 101 cm³/mol. The van der Waals surface area contributed by atoms with Crippen molar-refractivity contribution in [2.75, 3.05) is 4.90 Å². The fourth-order valence-corrected chi connectivity index (χ4v) is 3.19. The normalized spacial score (nSPS) is 16.6. The van der Waals surface area contributed by atoms with Crippen LogP contribution in [0, 0.1) is 0 Å². The molecule has 2 aromatic rings. The monoisotopic (exact) mass is 464 g/mol. The Morgan fingerprint density at radius 2 is 1.84 bits per heavy atom. The van der Waals surface area contributed by atoms with Crippen molar-refractivity contribution in [3.63, 3.8) is 0 Å². The summed E-state index contributed by atoms with van der Waals surface area (Å²) in [7, 11) is 0. The van der Waals surface area contributed by atoms with Crippen molar-refractivity contribution in [1.29, 1.82) is 0 Å². The van der Waals surface area contributed by atoms with E-state index in [1.807, 2.05) is 0 Å². The molecule has 2 N–H and O–H groups in total. The van der Waals surface area contributed by atoms with Gasteiger partial charge in [0.2, 0.25) is 0 Å². The van der Waals surface area contributed by atoms with E-state index in [1.165, 1.54) is 23.2 Å². The Labute approximate surface area is 177 Å². The SMILES string of the molecule is O=C(NNCc1cccc(C(F)(F)F)c1)C1CC=CN1c1ncc(C(F)(F)F)cc1Cl. The van der Waals surface area contributed by atoms with Crippen LogP contribution in [-0.2, 0) is 23.7 Å². The maximum atomic E-state index is 12.8. The first kappa shape index (κ1) is 22.9. The lowest BCUT2D eigenvalue weighted by molar-refractivity contribution is -0.138. The standard InChI is InChI=1S/C19H15ClF6N4O/c20-14-8-13(19(24,25)26)10-27-16(14)30-6-2-5-15(30)17(31)29-28-9-11-3-1-4-12(7-11)18(21,22)23/h1-4,6-8,10,15,28H,5,9H2,(H,29,31). The summed E-state index contributed by atoms with van der Waals surface area (Å²) in [4.78, 5) is 17.6. The van der Waals surface area contributed by atoms with Crippen LogP contribution >= 0.6 is 11.6 Å². The topological polar surface area (TPSA) is 57.3 Å². The Kier molecular flexibility index (Phi) is 6.46. The summed E-state index contributed by atoms with van der Waals surface area (Å²) < 4.78 is 76.7. The van der Waals surface area contributed by atoms with Crippen molar-refractivity contribution in [1.82, 2.24) is 15.8 Å². The quantitative estimate of drug-likeness (QED) is 0.498. The first-order valence-electron chi connectivity index (χ1n) is 8.83. The Balaban J connectivity index is 1.64. The first-order chi connectivity index (χ1) is 14.5. The molecule has 1 aliphatic heterocycles. The second kappa shape index (κ2) is 8.75. The number of rotatable bonds is 5. The van der Waals surface area contributed by atoms with Gasteiger partial charge in [0.1, 0.15) is 6.04 Å². The smallest absolute Gasteiger partial charge is 0.319 e. The van der Waals surface area contributed by atoms with Crippen molar-refractivity contribution in [2.45, 2.75) is 31.4 Å². The van der Waals surface area contributed by atoms with Gasteiger partial charge in [0.25, 0.3) is 5.91 Å². The number of carbonyl (C=O) groups is 1. The molecule has 1 aliphatic rings. The third-order valence-electron chi connectivity index (χ3n) is 4.42. The molecule has 12 heteroatoms. The number of carbonyl (C=O) groups excluding carboxylic acids is 1. The fraction of sp³-hybridized carbons (Fsp3) is 0.263. The van der Waals surface area contributed by atoms with Crippen molar-refractivity contribution in [3.05, 3.63) is 70.5 Å².